The predicted molar refractivity (Wildman–Crippen MR) is 83.9 cm³/mol. The van der Waals surface area contributed by atoms with Gasteiger partial charge in [0.25, 0.3) is 0 Å². The Hall–Kier alpha value is -1.98. The van der Waals surface area contributed by atoms with Crippen LogP contribution in [0.5, 0.6) is 5.75 Å². The maximum Gasteiger partial charge on any atom is 0.128 e. The number of ether oxygens (including phenoxy) is 2. The van der Waals surface area contributed by atoms with Crippen molar-refractivity contribution < 1.29 is 13.9 Å². The quantitative estimate of drug-likeness (QED) is 0.631. The highest BCUT2D eigenvalue weighted by Gasteiger charge is 2.05. The number of nitrogens with two attached hydrogens (primary N) is 1. The highest BCUT2D eigenvalue weighted by molar-refractivity contribution is 7.80. The molecule has 110 valence electrons. The molecule has 0 aliphatic heterocycles. The van der Waals surface area contributed by atoms with E-state index >= 15 is 0 Å². The second-order valence-electron chi connectivity index (χ2n) is 4.38. The van der Waals surface area contributed by atoms with Crippen molar-refractivity contribution in [3.63, 3.8) is 0 Å². The summed E-state index contributed by atoms with van der Waals surface area (Å²) in [5.74, 6) is 0.446. The van der Waals surface area contributed by atoms with E-state index < -0.39 is 0 Å². The van der Waals surface area contributed by atoms with Crippen LogP contribution in [-0.2, 0) is 11.3 Å². The first-order chi connectivity index (χ1) is 10.2. The lowest BCUT2D eigenvalue weighted by Crippen LogP contribution is -2.11. The summed E-state index contributed by atoms with van der Waals surface area (Å²) in [6, 6.07) is 13.9. The van der Waals surface area contributed by atoms with Gasteiger partial charge in [0, 0.05) is 11.1 Å². The number of rotatable bonds is 7. The Morgan fingerprint density at radius 3 is 2.57 bits per heavy atom. The first kappa shape index (κ1) is 15.4. The van der Waals surface area contributed by atoms with Crippen molar-refractivity contribution in [2.24, 2.45) is 5.73 Å². The standard InChI is InChI=1S/C16H16FNO2S/c17-15-7-6-12(16(18)21)10-13(15)11-19-8-9-20-14-4-2-1-3-5-14/h1-7,10H,8-9,11H2,(H2,18,21). The Balaban J connectivity index is 1.78. The van der Waals surface area contributed by atoms with Crippen molar-refractivity contribution in [2.75, 3.05) is 13.2 Å². The van der Waals surface area contributed by atoms with Crippen molar-refractivity contribution in [3.05, 3.63) is 65.5 Å². The van der Waals surface area contributed by atoms with Crippen LogP contribution in [0.4, 0.5) is 4.39 Å². The summed E-state index contributed by atoms with van der Waals surface area (Å²) < 4.78 is 24.5. The summed E-state index contributed by atoms with van der Waals surface area (Å²) in [5, 5.41) is 0. The third kappa shape index (κ3) is 4.81. The number of thiocarbonyl (C=S) groups is 1. The van der Waals surface area contributed by atoms with Gasteiger partial charge in [-0.25, -0.2) is 4.39 Å². The van der Waals surface area contributed by atoms with Gasteiger partial charge in [-0.3, -0.25) is 0 Å². The molecule has 0 atom stereocenters. The Labute approximate surface area is 128 Å². The first-order valence-corrected chi connectivity index (χ1v) is 6.91. The third-order valence-corrected chi connectivity index (χ3v) is 3.06. The van der Waals surface area contributed by atoms with Crippen LogP contribution >= 0.6 is 12.2 Å². The fourth-order valence-electron chi connectivity index (χ4n) is 1.76. The molecule has 2 rings (SSSR count). The fraction of sp³-hybridized carbons (Fsp3) is 0.188. The molecular formula is C16H16FNO2S. The van der Waals surface area contributed by atoms with Crippen molar-refractivity contribution in [3.8, 4) is 5.75 Å². The van der Waals surface area contributed by atoms with Gasteiger partial charge in [-0.2, -0.15) is 0 Å². The van der Waals surface area contributed by atoms with E-state index in [-0.39, 0.29) is 17.4 Å². The number of benzene rings is 2. The van der Waals surface area contributed by atoms with Crippen LogP contribution in [0.3, 0.4) is 0 Å². The molecule has 0 bridgehead atoms. The highest BCUT2D eigenvalue weighted by atomic mass is 32.1. The molecule has 0 aromatic heterocycles. The van der Waals surface area contributed by atoms with E-state index in [1.807, 2.05) is 30.3 Å². The topological polar surface area (TPSA) is 44.5 Å². The van der Waals surface area contributed by atoms with Gasteiger partial charge in [0.15, 0.2) is 0 Å². The molecule has 3 nitrogen and oxygen atoms in total. The van der Waals surface area contributed by atoms with E-state index in [2.05, 4.69) is 0 Å². The van der Waals surface area contributed by atoms with E-state index in [1.54, 1.807) is 12.1 Å². The summed E-state index contributed by atoms with van der Waals surface area (Å²) in [6.07, 6.45) is 0. The van der Waals surface area contributed by atoms with Crippen LogP contribution in [0.25, 0.3) is 0 Å². The van der Waals surface area contributed by atoms with Crippen molar-refractivity contribution in [1.82, 2.24) is 0 Å². The predicted octanol–water partition coefficient (Wildman–Crippen LogP) is 3.06. The van der Waals surface area contributed by atoms with Crippen LogP contribution < -0.4 is 10.5 Å². The summed E-state index contributed by atoms with van der Waals surface area (Å²) in [7, 11) is 0. The third-order valence-electron chi connectivity index (χ3n) is 2.83. The van der Waals surface area contributed by atoms with Crippen molar-refractivity contribution in [1.29, 1.82) is 0 Å². The second-order valence-corrected chi connectivity index (χ2v) is 4.82. The van der Waals surface area contributed by atoms with E-state index in [4.69, 9.17) is 27.4 Å². The van der Waals surface area contributed by atoms with Crippen LogP contribution in [0, 0.1) is 5.82 Å². The van der Waals surface area contributed by atoms with Gasteiger partial charge in [0.05, 0.1) is 13.2 Å². The molecule has 0 fully saturated rings. The van der Waals surface area contributed by atoms with E-state index in [1.165, 1.54) is 6.07 Å². The number of halogens is 1. The van der Waals surface area contributed by atoms with Gasteiger partial charge in [-0.1, -0.05) is 30.4 Å². The lowest BCUT2D eigenvalue weighted by Gasteiger charge is -2.09. The van der Waals surface area contributed by atoms with Crippen LogP contribution in [0.1, 0.15) is 11.1 Å². The van der Waals surface area contributed by atoms with Crippen LogP contribution in [0.2, 0.25) is 0 Å². The molecule has 2 aromatic carbocycles. The van der Waals surface area contributed by atoms with Gasteiger partial charge in [-0.05, 0) is 30.3 Å². The van der Waals surface area contributed by atoms with Gasteiger partial charge in [-0.15, -0.1) is 0 Å². The Kier molecular flexibility index (Phi) is 5.66. The number of hydrogen-bond acceptors (Lipinski definition) is 3. The van der Waals surface area contributed by atoms with E-state index in [0.29, 0.717) is 24.3 Å². The molecule has 2 aromatic rings. The molecule has 2 N–H and O–H groups in total. The minimum Gasteiger partial charge on any atom is -0.491 e. The molecule has 0 unspecified atom stereocenters. The average molecular weight is 305 g/mol. The lowest BCUT2D eigenvalue weighted by molar-refractivity contribution is 0.0872. The van der Waals surface area contributed by atoms with Crippen LogP contribution in [-0.4, -0.2) is 18.2 Å². The molecule has 21 heavy (non-hydrogen) atoms. The summed E-state index contributed by atoms with van der Waals surface area (Å²) in [5.41, 5.74) is 6.58. The minimum atomic E-state index is -0.334. The van der Waals surface area contributed by atoms with E-state index in [0.717, 1.165) is 5.75 Å². The molecule has 0 saturated carbocycles. The SMILES string of the molecule is NC(=S)c1ccc(F)c(COCCOc2ccccc2)c1. The van der Waals surface area contributed by atoms with Gasteiger partial charge in [0.1, 0.15) is 23.2 Å². The number of para-hydroxylation sites is 1. The maximum atomic E-state index is 13.6. The van der Waals surface area contributed by atoms with Crippen molar-refractivity contribution >= 4 is 17.2 Å². The Morgan fingerprint density at radius 1 is 1.10 bits per heavy atom. The summed E-state index contributed by atoms with van der Waals surface area (Å²) in [4.78, 5) is 0.240. The monoisotopic (exact) mass is 305 g/mol. The van der Waals surface area contributed by atoms with Crippen LogP contribution in [0.15, 0.2) is 48.5 Å². The van der Waals surface area contributed by atoms with Crippen molar-refractivity contribution in [2.45, 2.75) is 6.61 Å². The minimum absolute atomic E-state index is 0.153. The van der Waals surface area contributed by atoms with E-state index in [9.17, 15) is 4.39 Å². The van der Waals surface area contributed by atoms with Gasteiger partial charge in [0.2, 0.25) is 0 Å². The molecule has 0 amide bonds. The molecule has 0 aliphatic carbocycles. The summed E-state index contributed by atoms with van der Waals surface area (Å²) in [6.45, 7) is 0.923. The second kappa shape index (κ2) is 7.71. The van der Waals surface area contributed by atoms with Gasteiger partial charge < -0.3 is 15.2 Å². The molecule has 5 heteroatoms. The normalized spacial score (nSPS) is 10.3. The molecule has 0 saturated heterocycles. The Bertz CT molecular complexity index is 604. The fourth-order valence-corrected chi connectivity index (χ4v) is 1.88. The molecule has 0 radical (unpaired) electrons. The van der Waals surface area contributed by atoms with Gasteiger partial charge >= 0.3 is 0 Å². The molecular weight excluding hydrogens is 289 g/mol. The zero-order valence-corrected chi connectivity index (χ0v) is 12.2. The maximum absolute atomic E-state index is 13.6. The average Bonchev–Trinajstić information content (AvgIpc) is 2.49. The smallest absolute Gasteiger partial charge is 0.128 e. The zero-order valence-electron chi connectivity index (χ0n) is 11.4. The number of hydrogen-bond donors (Lipinski definition) is 1. The highest BCUT2D eigenvalue weighted by Crippen LogP contribution is 2.12. The first-order valence-electron chi connectivity index (χ1n) is 6.50. The molecule has 0 spiro atoms. The molecule has 0 heterocycles. The Morgan fingerprint density at radius 2 is 1.86 bits per heavy atom. The zero-order chi connectivity index (χ0) is 15.1. The summed E-state index contributed by atoms with van der Waals surface area (Å²) >= 11 is 4.87. The molecule has 0 aliphatic rings. The largest absolute Gasteiger partial charge is 0.491 e. The lowest BCUT2D eigenvalue weighted by atomic mass is 10.1.